The normalized spacial score (nSPS) is 19.4. The lowest BCUT2D eigenvalue weighted by Crippen LogP contribution is -2.40. The zero-order valence-electron chi connectivity index (χ0n) is 19.5. The number of amides is 2. The van der Waals surface area contributed by atoms with Gasteiger partial charge in [-0.2, -0.15) is 0 Å². The summed E-state index contributed by atoms with van der Waals surface area (Å²) < 4.78 is 2.05. The van der Waals surface area contributed by atoms with Crippen molar-refractivity contribution in [1.29, 1.82) is 0 Å². The van der Waals surface area contributed by atoms with Gasteiger partial charge >= 0.3 is 0 Å². The first-order valence-corrected chi connectivity index (χ1v) is 12.1. The lowest BCUT2D eigenvalue weighted by molar-refractivity contribution is -0.133. The maximum absolute atomic E-state index is 13.3. The second-order valence-corrected chi connectivity index (χ2v) is 9.53. The van der Waals surface area contributed by atoms with E-state index < -0.39 is 0 Å². The SMILES string of the molecule is Cc1ccccc1N1CC(c2nc3ccccc3n2CC(=O)N(C)C2CCCCC2)CC1=O. The molecule has 1 aromatic heterocycles. The maximum Gasteiger partial charge on any atom is 0.242 e. The lowest BCUT2D eigenvalue weighted by atomic mass is 9.94. The Kier molecular flexibility index (Phi) is 5.92. The topological polar surface area (TPSA) is 58.4 Å². The number of hydrogen-bond acceptors (Lipinski definition) is 3. The van der Waals surface area contributed by atoms with Gasteiger partial charge in [0.2, 0.25) is 11.8 Å². The summed E-state index contributed by atoms with van der Waals surface area (Å²) in [5, 5.41) is 0. The van der Waals surface area contributed by atoms with Crippen LogP contribution in [0.3, 0.4) is 0 Å². The van der Waals surface area contributed by atoms with Crippen LogP contribution in [0, 0.1) is 6.92 Å². The van der Waals surface area contributed by atoms with Crippen molar-refractivity contribution < 1.29 is 9.59 Å². The average Bonchev–Trinajstić information content (AvgIpc) is 3.40. The van der Waals surface area contributed by atoms with Gasteiger partial charge in [-0.3, -0.25) is 9.59 Å². The van der Waals surface area contributed by atoms with Crippen molar-refractivity contribution in [3.63, 3.8) is 0 Å². The van der Waals surface area contributed by atoms with Crippen LogP contribution in [0.5, 0.6) is 0 Å². The van der Waals surface area contributed by atoms with Gasteiger partial charge < -0.3 is 14.4 Å². The molecule has 3 aromatic rings. The van der Waals surface area contributed by atoms with E-state index in [1.165, 1.54) is 19.3 Å². The molecule has 0 N–H and O–H groups in total. The number of fused-ring (bicyclic) bond motifs is 1. The van der Waals surface area contributed by atoms with Gasteiger partial charge in [0.1, 0.15) is 12.4 Å². The Hall–Kier alpha value is -3.15. The van der Waals surface area contributed by atoms with Crippen molar-refractivity contribution in [2.24, 2.45) is 0 Å². The number of likely N-dealkylation sites (N-methyl/N-ethyl adjacent to an activating group) is 1. The molecule has 2 fully saturated rings. The molecule has 6 heteroatoms. The number of hydrogen-bond donors (Lipinski definition) is 0. The molecule has 1 saturated carbocycles. The van der Waals surface area contributed by atoms with Crippen LogP contribution < -0.4 is 4.90 Å². The van der Waals surface area contributed by atoms with Crippen molar-refractivity contribution in [3.05, 3.63) is 59.9 Å². The van der Waals surface area contributed by atoms with Crippen LogP contribution in [-0.4, -0.2) is 45.9 Å². The van der Waals surface area contributed by atoms with Gasteiger partial charge in [-0.15, -0.1) is 0 Å². The number of aryl methyl sites for hydroxylation is 1. The Morgan fingerprint density at radius 2 is 1.79 bits per heavy atom. The zero-order chi connectivity index (χ0) is 22.9. The van der Waals surface area contributed by atoms with E-state index in [1.807, 2.05) is 72.3 Å². The van der Waals surface area contributed by atoms with Crippen molar-refractivity contribution in [1.82, 2.24) is 14.5 Å². The Bertz CT molecular complexity index is 1180. The predicted octanol–water partition coefficient (Wildman–Crippen LogP) is 4.66. The molecule has 2 amide bonds. The molecule has 0 bridgehead atoms. The number of benzene rings is 2. The molecule has 2 heterocycles. The number of para-hydroxylation sites is 3. The van der Waals surface area contributed by atoms with Crippen molar-refractivity contribution in [2.45, 2.75) is 64.0 Å². The minimum atomic E-state index is -0.0442. The van der Waals surface area contributed by atoms with Gasteiger partial charge in [-0.05, 0) is 43.5 Å². The second kappa shape index (κ2) is 9.00. The van der Waals surface area contributed by atoms with Gasteiger partial charge in [-0.25, -0.2) is 4.98 Å². The number of nitrogens with zero attached hydrogens (tertiary/aromatic N) is 4. The van der Waals surface area contributed by atoms with Gasteiger partial charge in [0.25, 0.3) is 0 Å². The fraction of sp³-hybridized carbons (Fsp3) is 0.444. The highest BCUT2D eigenvalue weighted by Gasteiger charge is 2.36. The van der Waals surface area contributed by atoms with Crippen LogP contribution >= 0.6 is 0 Å². The Balaban J connectivity index is 1.44. The first-order valence-electron chi connectivity index (χ1n) is 12.1. The summed E-state index contributed by atoms with van der Waals surface area (Å²) in [5.41, 5.74) is 3.88. The molecular formula is C27H32N4O2. The summed E-state index contributed by atoms with van der Waals surface area (Å²) in [6, 6.07) is 16.3. The lowest BCUT2D eigenvalue weighted by Gasteiger charge is -2.31. The highest BCUT2D eigenvalue weighted by atomic mass is 16.2. The number of imidazole rings is 1. The van der Waals surface area contributed by atoms with Crippen molar-refractivity contribution >= 4 is 28.5 Å². The standard InChI is InChI=1S/C27H32N4O2/c1-19-10-6-8-14-23(19)30-17-20(16-25(30)32)27-28-22-13-7-9-15-24(22)31(27)18-26(33)29(2)21-11-4-3-5-12-21/h6-10,13-15,20-21H,3-5,11-12,16-18H2,1-2H3. The third-order valence-corrected chi connectivity index (χ3v) is 7.39. The van der Waals surface area contributed by atoms with E-state index in [2.05, 4.69) is 4.57 Å². The van der Waals surface area contributed by atoms with E-state index in [4.69, 9.17) is 4.98 Å². The molecule has 1 aliphatic heterocycles. The third kappa shape index (κ3) is 4.14. The predicted molar refractivity (Wildman–Crippen MR) is 130 cm³/mol. The molecule has 1 saturated heterocycles. The van der Waals surface area contributed by atoms with Crippen molar-refractivity contribution in [3.8, 4) is 0 Å². The number of rotatable bonds is 5. The summed E-state index contributed by atoms with van der Waals surface area (Å²) >= 11 is 0. The second-order valence-electron chi connectivity index (χ2n) is 9.53. The van der Waals surface area contributed by atoms with Crippen LogP contribution in [0.25, 0.3) is 11.0 Å². The van der Waals surface area contributed by atoms with Gasteiger partial charge in [0, 0.05) is 37.7 Å². The van der Waals surface area contributed by atoms with Gasteiger partial charge in [0.05, 0.1) is 11.0 Å². The molecule has 2 aliphatic rings. The first kappa shape index (κ1) is 21.7. The van der Waals surface area contributed by atoms with Crippen LogP contribution in [0.2, 0.25) is 0 Å². The molecule has 6 nitrogen and oxygen atoms in total. The van der Waals surface area contributed by atoms with Gasteiger partial charge in [0.15, 0.2) is 0 Å². The quantitative estimate of drug-likeness (QED) is 0.575. The monoisotopic (exact) mass is 444 g/mol. The Morgan fingerprint density at radius 3 is 2.58 bits per heavy atom. The third-order valence-electron chi connectivity index (χ3n) is 7.39. The average molecular weight is 445 g/mol. The Morgan fingerprint density at radius 1 is 1.06 bits per heavy atom. The maximum atomic E-state index is 13.3. The van der Waals surface area contributed by atoms with E-state index in [0.29, 0.717) is 19.0 Å². The minimum absolute atomic E-state index is 0.0442. The molecule has 1 unspecified atom stereocenters. The zero-order valence-corrected chi connectivity index (χ0v) is 19.5. The fourth-order valence-electron chi connectivity index (χ4n) is 5.47. The van der Waals surface area contributed by atoms with E-state index in [1.54, 1.807) is 0 Å². The van der Waals surface area contributed by atoms with E-state index >= 15 is 0 Å². The van der Waals surface area contributed by atoms with Crippen LogP contribution in [0.4, 0.5) is 5.69 Å². The number of carbonyl (C=O) groups excluding carboxylic acids is 2. The summed E-state index contributed by atoms with van der Waals surface area (Å²) in [6.45, 7) is 2.88. The fourth-order valence-corrected chi connectivity index (χ4v) is 5.47. The van der Waals surface area contributed by atoms with Crippen LogP contribution in [0.15, 0.2) is 48.5 Å². The van der Waals surface area contributed by atoms with E-state index in [9.17, 15) is 9.59 Å². The molecule has 0 radical (unpaired) electrons. The van der Waals surface area contributed by atoms with E-state index in [0.717, 1.165) is 41.0 Å². The molecule has 0 spiro atoms. The summed E-state index contributed by atoms with van der Waals surface area (Å²) in [6.07, 6.45) is 6.23. The molecule has 5 rings (SSSR count). The summed E-state index contributed by atoms with van der Waals surface area (Å²) in [5.74, 6) is 1.02. The molecule has 2 aromatic carbocycles. The van der Waals surface area contributed by atoms with Crippen molar-refractivity contribution in [2.75, 3.05) is 18.5 Å². The van der Waals surface area contributed by atoms with Crippen LogP contribution in [-0.2, 0) is 16.1 Å². The van der Waals surface area contributed by atoms with E-state index in [-0.39, 0.29) is 24.3 Å². The highest BCUT2D eigenvalue weighted by molar-refractivity contribution is 5.97. The summed E-state index contributed by atoms with van der Waals surface area (Å²) in [7, 11) is 1.94. The number of carbonyl (C=O) groups is 2. The smallest absolute Gasteiger partial charge is 0.242 e. The molecule has 1 atom stereocenters. The first-order chi connectivity index (χ1) is 16.0. The molecule has 172 valence electrons. The molecular weight excluding hydrogens is 412 g/mol. The number of anilines is 1. The highest BCUT2D eigenvalue weighted by Crippen LogP contribution is 2.34. The van der Waals surface area contributed by atoms with Crippen LogP contribution in [0.1, 0.15) is 55.8 Å². The minimum Gasteiger partial charge on any atom is -0.341 e. The molecule has 1 aliphatic carbocycles. The molecule has 33 heavy (non-hydrogen) atoms. The van der Waals surface area contributed by atoms with Gasteiger partial charge in [-0.1, -0.05) is 49.6 Å². The Labute approximate surface area is 195 Å². The largest absolute Gasteiger partial charge is 0.341 e. The summed E-state index contributed by atoms with van der Waals surface area (Å²) in [4.78, 5) is 35.0. The number of aromatic nitrogens is 2.